The zero-order chi connectivity index (χ0) is 13.4. The Morgan fingerprint density at radius 2 is 2.17 bits per heavy atom. The molecule has 1 atom stereocenters. The molecule has 0 aromatic heterocycles. The Kier molecular flexibility index (Phi) is 7.28. The molecule has 2 N–H and O–H groups in total. The first-order valence-corrected chi connectivity index (χ1v) is 7.35. The van der Waals surface area contributed by atoms with Crippen molar-refractivity contribution >= 4 is 5.91 Å². The lowest BCUT2D eigenvalue weighted by Gasteiger charge is -2.35. The van der Waals surface area contributed by atoms with Crippen molar-refractivity contribution in [1.82, 2.24) is 15.5 Å². The lowest BCUT2D eigenvalue weighted by molar-refractivity contribution is -0.123. The van der Waals surface area contributed by atoms with E-state index in [1.807, 2.05) is 6.92 Å². The normalized spacial score (nSPS) is 21.2. The molecule has 1 amide bonds. The van der Waals surface area contributed by atoms with Gasteiger partial charge in [-0.15, -0.1) is 0 Å². The lowest BCUT2D eigenvalue weighted by Crippen LogP contribution is -2.49. The zero-order valence-electron chi connectivity index (χ0n) is 12.2. The summed E-state index contributed by atoms with van der Waals surface area (Å²) in [7, 11) is 0. The van der Waals surface area contributed by atoms with E-state index < -0.39 is 0 Å². The number of amides is 1. The number of hydrogen-bond acceptors (Lipinski definition) is 3. The van der Waals surface area contributed by atoms with Gasteiger partial charge in [-0.1, -0.05) is 20.3 Å². The fourth-order valence-electron chi connectivity index (χ4n) is 2.48. The van der Waals surface area contributed by atoms with Gasteiger partial charge in [0.15, 0.2) is 0 Å². The molecule has 0 spiro atoms. The van der Waals surface area contributed by atoms with Gasteiger partial charge in [-0.2, -0.15) is 0 Å². The van der Waals surface area contributed by atoms with Crippen LogP contribution in [0.5, 0.6) is 0 Å². The van der Waals surface area contributed by atoms with Gasteiger partial charge in [0.2, 0.25) is 5.91 Å². The van der Waals surface area contributed by atoms with Crippen molar-refractivity contribution in [2.24, 2.45) is 5.92 Å². The Balaban J connectivity index is 2.34. The van der Waals surface area contributed by atoms with Crippen molar-refractivity contribution < 1.29 is 4.79 Å². The van der Waals surface area contributed by atoms with Crippen LogP contribution in [0.1, 0.15) is 40.0 Å². The molecule has 0 aliphatic carbocycles. The van der Waals surface area contributed by atoms with Gasteiger partial charge >= 0.3 is 0 Å². The van der Waals surface area contributed by atoms with Gasteiger partial charge in [0, 0.05) is 19.1 Å². The maximum absolute atomic E-state index is 11.7. The molecule has 4 heteroatoms. The van der Waals surface area contributed by atoms with Crippen molar-refractivity contribution in [2.75, 3.05) is 32.7 Å². The molecule has 0 saturated carbocycles. The molecule has 1 aliphatic heterocycles. The standard InChI is InChI=1S/C14H29N3O/c1-4-16-14(18)11-17-8-6-5-7-13(17)10-15-9-12(2)3/h12-13,15H,4-11H2,1-3H3,(H,16,18). The Bertz CT molecular complexity index is 243. The van der Waals surface area contributed by atoms with Crippen LogP contribution in [0.4, 0.5) is 0 Å². The van der Waals surface area contributed by atoms with E-state index in [-0.39, 0.29) is 5.91 Å². The van der Waals surface area contributed by atoms with E-state index in [9.17, 15) is 4.79 Å². The number of piperidine rings is 1. The van der Waals surface area contributed by atoms with Crippen LogP contribution in [0.3, 0.4) is 0 Å². The fraction of sp³-hybridized carbons (Fsp3) is 0.929. The third-order valence-electron chi connectivity index (χ3n) is 3.40. The molecule has 0 radical (unpaired) electrons. The van der Waals surface area contributed by atoms with Gasteiger partial charge in [-0.3, -0.25) is 9.69 Å². The van der Waals surface area contributed by atoms with Crippen molar-refractivity contribution in [3.8, 4) is 0 Å². The molecule has 106 valence electrons. The highest BCUT2D eigenvalue weighted by atomic mass is 16.2. The third-order valence-corrected chi connectivity index (χ3v) is 3.40. The third kappa shape index (κ3) is 5.83. The van der Waals surface area contributed by atoms with Crippen LogP contribution in [0, 0.1) is 5.92 Å². The summed E-state index contributed by atoms with van der Waals surface area (Å²) in [5.74, 6) is 0.846. The minimum atomic E-state index is 0.160. The van der Waals surface area contributed by atoms with E-state index in [0.717, 1.165) is 26.2 Å². The molecule has 4 nitrogen and oxygen atoms in total. The highest BCUT2D eigenvalue weighted by Gasteiger charge is 2.23. The van der Waals surface area contributed by atoms with Crippen molar-refractivity contribution in [2.45, 2.75) is 46.1 Å². The van der Waals surface area contributed by atoms with Crippen LogP contribution in [-0.2, 0) is 4.79 Å². The Morgan fingerprint density at radius 3 is 2.83 bits per heavy atom. The summed E-state index contributed by atoms with van der Waals surface area (Å²) < 4.78 is 0. The topological polar surface area (TPSA) is 44.4 Å². The summed E-state index contributed by atoms with van der Waals surface area (Å²) in [4.78, 5) is 14.0. The largest absolute Gasteiger partial charge is 0.355 e. The average molecular weight is 255 g/mol. The predicted molar refractivity (Wildman–Crippen MR) is 75.6 cm³/mol. The second-order valence-electron chi connectivity index (χ2n) is 5.63. The Hall–Kier alpha value is -0.610. The molecule has 1 heterocycles. The summed E-state index contributed by atoms with van der Waals surface area (Å²) in [6, 6.07) is 0.528. The maximum atomic E-state index is 11.7. The van der Waals surface area contributed by atoms with E-state index in [1.165, 1.54) is 19.3 Å². The Labute approximate surface area is 111 Å². The number of carbonyl (C=O) groups excluding carboxylic acids is 1. The predicted octanol–water partition coefficient (Wildman–Crippen LogP) is 1.22. The number of likely N-dealkylation sites (N-methyl/N-ethyl adjacent to an activating group) is 1. The summed E-state index contributed by atoms with van der Waals surface area (Å²) in [5, 5.41) is 6.40. The van der Waals surface area contributed by atoms with Crippen molar-refractivity contribution in [3.63, 3.8) is 0 Å². The van der Waals surface area contributed by atoms with Gasteiger partial charge < -0.3 is 10.6 Å². The lowest BCUT2D eigenvalue weighted by atomic mass is 10.0. The Morgan fingerprint density at radius 1 is 1.39 bits per heavy atom. The summed E-state index contributed by atoms with van der Waals surface area (Å²) >= 11 is 0. The van der Waals surface area contributed by atoms with Crippen molar-refractivity contribution in [1.29, 1.82) is 0 Å². The quantitative estimate of drug-likeness (QED) is 0.719. The van der Waals surface area contributed by atoms with E-state index in [1.54, 1.807) is 0 Å². The molecule has 0 aromatic rings. The fourth-order valence-corrected chi connectivity index (χ4v) is 2.48. The number of likely N-dealkylation sites (tertiary alicyclic amines) is 1. The van der Waals surface area contributed by atoms with Crippen LogP contribution < -0.4 is 10.6 Å². The number of hydrogen-bond donors (Lipinski definition) is 2. The van der Waals surface area contributed by atoms with E-state index >= 15 is 0 Å². The van der Waals surface area contributed by atoms with Gasteiger partial charge in [0.25, 0.3) is 0 Å². The highest BCUT2D eigenvalue weighted by molar-refractivity contribution is 5.77. The smallest absolute Gasteiger partial charge is 0.234 e. The minimum Gasteiger partial charge on any atom is -0.355 e. The monoisotopic (exact) mass is 255 g/mol. The molecule has 1 unspecified atom stereocenters. The van der Waals surface area contributed by atoms with Crippen LogP contribution in [-0.4, -0.2) is 49.6 Å². The van der Waals surface area contributed by atoms with Crippen LogP contribution in [0.25, 0.3) is 0 Å². The number of rotatable bonds is 7. The molecular formula is C14H29N3O. The maximum Gasteiger partial charge on any atom is 0.234 e. The van der Waals surface area contributed by atoms with Crippen molar-refractivity contribution in [3.05, 3.63) is 0 Å². The summed E-state index contributed by atoms with van der Waals surface area (Å²) in [6.45, 7) is 10.8. The second kappa shape index (κ2) is 8.48. The molecule has 0 bridgehead atoms. The van der Waals surface area contributed by atoms with Gasteiger partial charge in [0.1, 0.15) is 0 Å². The highest BCUT2D eigenvalue weighted by Crippen LogP contribution is 2.15. The second-order valence-corrected chi connectivity index (χ2v) is 5.63. The van der Waals surface area contributed by atoms with Crippen LogP contribution >= 0.6 is 0 Å². The molecule has 1 saturated heterocycles. The molecule has 1 aliphatic rings. The number of nitrogens with one attached hydrogen (secondary N) is 2. The van der Waals surface area contributed by atoms with E-state index in [0.29, 0.717) is 18.5 Å². The average Bonchev–Trinajstić information content (AvgIpc) is 2.31. The summed E-state index contributed by atoms with van der Waals surface area (Å²) in [5.41, 5.74) is 0. The van der Waals surface area contributed by atoms with Gasteiger partial charge in [-0.05, 0) is 38.8 Å². The van der Waals surface area contributed by atoms with Gasteiger partial charge in [-0.25, -0.2) is 0 Å². The van der Waals surface area contributed by atoms with E-state index in [4.69, 9.17) is 0 Å². The van der Waals surface area contributed by atoms with Crippen LogP contribution in [0.15, 0.2) is 0 Å². The first-order chi connectivity index (χ1) is 8.63. The first-order valence-electron chi connectivity index (χ1n) is 7.35. The summed E-state index contributed by atoms with van der Waals surface area (Å²) in [6.07, 6.45) is 3.73. The molecular weight excluding hydrogens is 226 g/mol. The molecule has 0 aromatic carbocycles. The number of nitrogens with zero attached hydrogens (tertiary/aromatic N) is 1. The van der Waals surface area contributed by atoms with E-state index in [2.05, 4.69) is 29.4 Å². The van der Waals surface area contributed by atoms with Gasteiger partial charge in [0.05, 0.1) is 6.54 Å². The zero-order valence-corrected chi connectivity index (χ0v) is 12.2. The molecule has 1 rings (SSSR count). The first kappa shape index (κ1) is 15.4. The number of carbonyl (C=O) groups is 1. The molecule has 18 heavy (non-hydrogen) atoms. The minimum absolute atomic E-state index is 0.160. The molecule has 1 fully saturated rings. The van der Waals surface area contributed by atoms with Crippen LogP contribution in [0.2, 0.25) is 0 Å². The SMILES string of the molecule is CCNC(=O)CN1CCCCC1CNCC(C)C.